The van der Waals surface area contributed by atoms with Gasteiger partial charge in [-0.05, 0) is 55.3 Å². The zero-order valence-electron chi connectivity index (χ0n) is 15.2. The topological polar surface area (TPSA) is 102 Å². The highest BCUT2D eigenvalue weighted by molar-refractivity contribution is 7.89. The van der Waals surface area contributed by atoms with Crippen LogP contribution in [0.15, 0.2) is 62.9 Å². The predicted molar refractivity (Wildman–Crippen MR) is 98.1 cm³/mol. The van der Waals surface area contributed by atoms with Gasteiger partial charge < -0.3 is 18.7 Å². The molecule has 0 bridgehead atoms. The fourth-order valence-corrected chi connectivity index (χ4v) is 4.05. The highest BCUT2D eigenvalue weighted by Crippen LogP contribution is 2.32. The van der Waals surface area contributed by atoms with Crippen molar-refractivity contribution in [1.82, 2.24) is 4.72 Å². The van der Waals surface area contributed by atoms with E-state index in [9.17, 15) is 13.5 Å². The summed E-state index contributed by atoms with van der Waals surface area (Å²) in [6.07, 6.45) is 4.14. The molecule has 0 aliphatic heterocycles. The van der Waals surface area contributed by atoms with E-state index in [4.69, 9.17) is 13.6 Å². The molecule has 0 aliphatic rings. The second-order valence-electron chi connectivity index (χ2n) is 6.26. The summed E-state index contributed by atoms with van der Waals surface area (Å²) in [4.78, 5) is 0.00193. The zero-order valence-corrected chi connectivity index (χ0v) is 16.0. The summed E-state index contributed by atoms with van der Waals surface area (Å²) in [7, 11) is -2.55. The molecule has 3 aromatic rings. The fraction of sp³-hybridized carbons (Fsp3) is 0.263. The number of rotatable bonds is 7. The minimum atomic E-state index is -3.96. The van der Waals surface area contributed by atoms with Crippen LogP contribution in [0.25, 0.3) is 0 Å². The first-order chi connectivity index (χ1) is 12.8. The Morgan fingerprint density at radius 1 is 1.19 bits per heavy atom. The Morgan fingerprint density at radius 3 is 2.52 bits per heavy atom. The van der Waals surface area contributed by atoms with Gasteiger partial charge in [0.15, 0.2) is 5.60 Å². The van der Waals surface area contributed by atoms with E-state index in [2.05, 4.69) is 4.72 Å². The molecule has 2 N–H and O–H groups in total. The number of benzene rings is 1. The summed E-state index contributed by atoms with van der Waals surface area (Å²) in [6, 6.07) is 7.94. The van der Waals surface area contributed by atoms with Crippen LogP contribution in [0.2, 0.25) is 0 Å². The van der Waals surface area contributed by atoms with Crippen molar-refractivity contribution in [3.63, 3.8) is 0 Å². The van der Waals surface area contributed by atoms with E-state index in [1.54, 1.807) is 30.3 Å². The summed E-state index contributed by atoms with van der Waals surface area (Å²) in [6.45, 7) is 3.34. The van der Waals surface area contributed by atoms with E-state index in [1.165, 1.54) is 25.9 Å². The van der Waals surface area contributed by atoms with Gasteiger partial charge in [-0.1, -0.05) is 0 Å². The van der Waals surface area contributed by atoms with Crippen LogP contribution < -0.4 is 9.46 Å². The normalized spacial score (nSPS) is 14.1. The standard InChI is InChI=1S/C19H21NO6S/c1-13-9-16(24-3)17(10-14(13)2)27(22,23)20-12-19(21,15-6-8-25-11-15)18-5-4-7-26-18/h4-11,20-21H,12H2,1-3H3/t19-/m0/s1. The maximum atomic E-state index is 12.9. The molecule has 1 aromatic carbocycles. The van der Waals surface area contributed by atoms with Crippen molar-refractivity contribution in [1.29, 1.82) is 0 Å². The molecule has 0 aliphatic carbocycles. The van der Waals surface area contributed by atoms with Gasteiger partial charge in [0, 0.05) is 5.56 Å². The Hall–Kier alpha value is -2.55. The number of furan rings is 2. The van der Waals surface area contributed by atoms with Gasteiger partial charge in [-0.15, -0.1) is 0 Å². The molecule has 2 heterocycles. The third kappa shape index (κ3) is 3.64. The van der Waals surface area contributed by atoms with E-state index in [-0.39, 0.29) is 22.9 Å². The lowest BCUT2D eigenvalue weighted by Gasteiger charge is -2.25. The molecule has 0 saturated carbocycles. The fourth-order valence-electron chi connectivity index (χ4n) is 2.76. The number of hydrogen-bond donors (Lipinski definition) is 2. The van der Waals surface area contributed by atoms with Crippen LogP contribution in [-0.2, 0) is 15.6 Å². The van der Waals surface area contributed by atoms with Crippen molar-refractivity contribution in [2.45, 2.75) is 24.3 Å². The Morgan fingerprint density at radius 2 is 1.93 bits per heavy atom. The lowest BCUT2D eigenvalue weighted by atomic mass is 9.94. The highest BCUT2D eigenvalue weighted by atomic mass is 32.2. The predicted octanol–water partition coefficient (Wildman–Crippen LogP) is 2.71. The smallest absolute Gasteiger partial charge is 0.244 e. The van der Waals surface area contributed by atoms with E-state index in [0.717, 1.165) is 11.1 Å². The van der Waals surface area contributed by atoms with Crippen LogP contribution in [0.1, 0.15) is 22.5 Å². The quantitative estimate of drug-likeness (QED) is 0.642. The van der Waals surface area contributed by atoms with Crippen molar-refractivity contribution < 1.29 is 27.1 Å². The number of sulfonamides is 1. The van der Waals surface area contributed by atoms with Gasteiger partial charge in [0.1, 0.15) is 16.4 Å². The van der Waals surface area contributed by atoms with Crippen LogP contribution in [0.4, 0.5) is 0 Å². The van der Waals surface area contributed by atoms with Gasteiger partial charge in [-0.2, -0.15) is 0 Å². The second-order valence-corrected chi connectivity index (χ2v) is 8.00. The Bertz CT molecular complexity index is 973. The zero-order chi connectivity index (χ0) is 19.7. The number of hydrogen-bond acceptors (Lipinski definition) is 6. The number of nitrogens with one attached hydrogen (secondary N) is 1. The first kappa shape index (κ1) is 19.2. The average Bonchev–Trinajstić information content (AvgIpc) is 3.35. The molecule has 0 amide bonds. The van der Waals surface area contributed by atoms with Crippen molar-refractivity contribution in [2.75, 3.05) is 13.7 Å². The average molecular weight is 391 g/mol. The minimum Gasteiger partial charge on any atom is -0.495 e. The number of aliphatic hydroxyl groups is 1. The third-order valence-electron chi connectivity index (χ3n) is 4.52. The third-order valence-corrected chi connectivity index (χ3v) is 5.94. The van der Waals surface area contributed by atoms with Gasteiger partial charge in [0.05, 0.1) is 32.4 Å². The van der Waals surface area contributed by atoms with Crippen LogP contribution in [-0.4, -0.2) is 27.2 Å². The van der Waals surface area contributed by atoms with Gasteiger partial charge in [0.2, 0.25) is 10.0 Å². The van der Waals surface area contributed by atoms with Gasteiger partial charge in [-0.25, -0.2) is 13.1 Å². The Kier molecular flexibility index (Phi) is 5.14. The lowest BCUT2D eigenvalue weighted by Crippen LogP contribution is -2.41. The van der Waals surface area contributed by atoms with Crippen LogP contribution in [0.3, 0.4) is 0 Å². The van der Waals surface area contributed by atoms with Crippen LogP contribution in [0.5, 0.6) is 5.75 Å². The number of aryl methyl sites for hydroxylation is 2. The second kappa shape index (κ2) is 7.22. The molecule has 144 valence electrons. The molecule has 1 atom stereocenters. The number of methoxy groups -OCH3 is 1. The van der Waals surface area contributed by atoms with Gasteiger partial charge in [-0.3, -0.25) is 0 Å². The summed E-state index contributed by atoms with van der Waals surface area (Å²) < 4.78 is 43.9. The van der Waals surface area contributed by atoms with Crippen LogP contribution in [0, 0.1) is 13.8 Å². The molecule has 0 unspecified atom stereocenters. The van der Waals surface area contributed by atoms with E-state index in [0.29, 0.717) is 5.56 Å². The molecule has 7 nitrogen and oxygen atoms in total. The molecule has 27 heavy (non-hydrogen) atoms. The summed E-state index contributed by atoms with van der Waals surface area (Å²) >= 11 is 0. The van der Waals surface area contributed by atoms with E-state index < -0.39 is 15.6 Å². The maximum Gasteiger partial charge on any atom is 0.244 e. The lowest BCUT2D eigenvalue weighted by molar-refractivity contribution is 0.0613. The maximum absolute atomic E-state index is 12.9. The summed E-state index contributed by atoms with van der Waals surface area (Å²) in [5, 5.41) is 11.2. The Balaban J connectivity index is 1.95. The SMILES string of the molecule is COc1cc(C)c(C)cc1S(=O)(=O)NC[C@](O)(c1ccoc1)c1ccco1. The Labute approximate surface area is 157 Å². The molecule has 8 heteroatoms. The van der Waals surface area contributed by atoms with Gasteiger partial charge >= 0.3 is 0 Å². The minimum absolute atomic E-state index is 0.00193. The summed E-state index contributed by atoms with van der Waals surface area (Å²) in [5.74, 6) is 0.425. The largest absolute Gasteiger partial charge is 0.495 e. The first-order valence-corrected chi connectivity index (χ1v) is 9.70. The molecule has 0 fully saturated rings. The highest BCUT2D eigenvalue weighted by Gasteiger charge is 2.37. The van der Waals surface area contributed by atoms with Gasteiger partial charge in [0.25, 0.3) is 0 Å². The molecule has 0 spiro atoms. The van der Waals surface area contributed by atoms with E-state index >= 15 is 0 Å². The van der Waals surface area contributed by atoms with Crippen LogP contribution >= 0.6 is 0 Å². The van der Waals surface area contributed by atoms with Crippen molar-refractivity contribution in [3.8, 4) is 5.75 Å². The molecule has 2 aromatic heterocycles. The van der Waals surface area contributed by atoms with E-state index in [1.807, 2.05) is 13.8 Å². The molecular weight excluding hydrogens is 370 g/mol. The summed E-state index contributed by atoms with van der Waals surface area (Å²) in [5.41, 5.74) is 0.368. The van der Waals surface area contributed by atoms with Crippen molar-refractivity contribution in [3.05, 3.63) is 71.6 Å². The first-order valence-electron chi connectivity index (χ1n) is 8.22. The molecule has 0 saturated heterocycles. The molecule has 3 rings (SSSR count). The molecular formula is C19H21NO6S. The monoisotopic (exact) mass is 391 g/mol. The van der Waals surface area contributed by atoms with Crippen molar-refractivity contribution in [2.24, 2.45) is 0 Å². The number of ether oxygens (including phenoxy) is 1. The van der Waals surface area contributed by atoms with Crippen molar-refractivity contribution >= 4 is 10.0 Å². The molecule has 0 radical (unpaired) electrons.